The Morgan fingerprint density at radius 2 is 1.90 bits per heavy atom. The number of rotatable bonds is 6. The van der Waals surface area contributed by atoms with E-state index in [1.54, 1.807) is 4.68 Å². The van der Waals surface area contributed by atoms with Crippen molar-refractivity contribution in [3.63, 3.8) is 0 Å². The number of H-pyrrole nitrogens is 1. The van der Waals surface area contributed by atoms with Crippen LogP contribution in [0, 0.1) is 3.57 Å². The number of hydrogen-bond donors (Lipinski definition) is 1. The van der Waals surface area contributed by atoms with Gasteiger partial charge in [0, 0.05) is 14.9 Å². The van der Waals surface area contributed by atoms with Crippen molar-refractivity contribution in [2.75, 3.05) is 0 Å². The maximum atomic E-state index is 12.8. The third-order valence-corrected chi connectivity index (χ3v) is 6.26. The van der Waals surface area contributed by atoms with Crippen LogP contribution in [0.4, 0.5) is 0 Å². The van der Waals surface area contributed by atoms with E-state index in [0.29, 0.717) is 17.3 Å². The molecule has 0 radical (unpaired) electrons. The number of aromatic nitrogens is 5. The van der Waals surface area contributed by atoms with Gasteiger partial charge in [0.1, 0.15) is 5.52 Å². The fourth-order valence-corrected chi connectivity index (χ4v) is 4.39. The van der Waals surface area contributed by atoms with Crippen molar-refractivity contribution in [1.29, 1.82) is 0 Å². The molecule has 0 saturated carbocycles. The molecule has 8 heteroatoms. The quantitative estimate of drug-likeness (QED) is 0.230. The third-order valence-electron chi connectivity index (χ3n) is 4.60. The molecule has 2 aromatic heterocycles. The molecule has 148 valence electrons. The average Bonchev–Trinajstić information content (AvgIpc) is 3.10. The topological polar surface area (TPSA) is 76.5 Å². The van der Waals surface area contributed by atoms with Crippen molar-refractivity contribution in [3.05, 3.63) is 79.3 Å². The van der Waals surface area contributed by atoms with Gasteiger partial charge in [0.15, 0.2) is 5.16 Å². The Labute approximate surface area is 186 Å². The number of nitrogens with zero attached hydrogens (tertiary/aromatic N) is 4. The molecule has 2 aromatic carbocycles. The van der Waals surface area contributed by atoms with Crippen LogP contribution < -0.4 is 5.56 Å². The minimum absolute atomic E-state index is 0.0614. The van der Waals surface area contributed by atoms with E-state index in [0.717, 1.165) is 22.5 Å². The van der Waals surface area contributed by atoms with Crippen LogP contribution in [-0.4, -0.2) is 25.0 Å². The summed E-state index contributed by atoms with van der Waals surface area (Å²) in [5.41, 5.74) is 4.30. The molecule has 4 aromatic rings. The SMILES string of the molecule is CC(C)c1c(Cn2nnc3ccccc32)nc(SCc2ccc(I)cc2)[nH]c1=O. The highest BCUT2D eigenvalue weighted by molar-refractivity contribution is 14.1. The molecule has 1 N–H and O–H groups in total. The van der Waals surface area contributed by atoms with Gasteiger partial charge in [-0.3, -0.25) is 4.79 Å². The molecule has 0 atom stereocenters. The van der Waals surface area contributed by atoms with E-state index in [-0.39, 0.29) is 11.5 Å². The summed E-state index contributed by atoms with van der Waals surface area (Å²) in [5, 5.41) is 9.09. The molecular formula is C21H20IN5OS. The third kappa shape index (κ3) is 4.53. The van der Waals surface area contributed by atoms with Gasteiger partial charge < -0.3 is 4.98 Å². The summed E-state index contributed by atoms with van der Waals surface area (Å²) in [7, 11) is 0. The Morgan fingerprint density at radius 3 is 2.66 bits per heavy atom. The lowest BCUT2D eigenvalue weighted by atomic mass is 10.0. The van der Waals surface area contributed by atoms with Crippen LogP contribution in [0.15, 0.2) is 58.5 Å². The Morgan fingerprint density at radius 1 is 1.14 bits per heavy atom. The zero-order chi connectivity index (χ0) is 20.4. The van der Waals surface area contributed by atoms with Crippen molar-refractivity contribution >= 4 is 45.4 Å². The lowest BCUT2D eigenvalue weighted by Gasteiger charge is -2.13. The van der Waals surface area contributed by atoms with Gasteiger partial charge in [0.05, 0.1) is 17.8 Å². The largest absolute Gasteiger partial charge is 0.301 e. The number of hydrogen-bond acceptors (Lipinski definition) is 5. The van der Waals surface area contributed by atoms with Crippen molar-refractivity contribution in [2.45, 2.75) is 37.2 Å². The van der Waals surface area contributed by atoms with Crippen molar-refractivity contribution < 1.29 is 0 Å². The smallest absolute Gasteiger partial charge is 0.255 e. The Kier molecular flexibility index (Phi) is 6.00. The second-order valence-electron chi connectivity index (χ2n) is 7.04. The Hall–Kier alpha value is -2.20. The molecule has 0 aliphatic carbocycles. The highest BCUT2D eigenvalue weighted by Gasteiger charge is 2.17. The molecule has 0 amide bonds. The van der Waals surface area contributed by atoms with E-state index in [9.17, 15) is 4.79 Å². The monoisotopic (exact) mass is 517 g/mol. The lowest BCUT2D eigenvalue weighted by molar-refractivity contribution is 0.631. The molecule has 0 fully saturated rings. The van der Waals surface area contributed by atoms with E-state index in [4.69, 9.17) is 4.98 Å². The van der Waals surface area contributed by atoms with Gasteiger partial charge in [-0.25, -0.2) is 9.67 Å². The normalized spacial score (nSPS) is 11.4. The predicted octanol–water partition coefficient (Wildman–Crippen LogP) is 4.58. The fourth-order valence-electron chi connectivity index (χ4n) is 3.20. The number of thioether (sulfide) groups is 1. The van der Waals surface area contributed by atoms with Crippen molar-refractivity contribution in [1.82, 2.24) is 25.0 Å². The first kappa shape index (κ1) is 20.1. The Bertz CT molecular complexity index is 1200. The summed E-state index contributed by atoms with van der Waals surface area (Å²) in [4.78, 5) is 20.5. The molecule has 0 unspecified atom stereocenters. The minimum atomic E-state index is -0.0838. The van der Waals surface area contributed by atoms with Crippen LogP contribution in [0.1, 0.15) is 36.6 Å². The molecule has 0 spiro atoms. The molecular weight excluding hydrogens is 497 g/mol. The first-order chi connectivity index (χ1) is 14.0. The average molecular weight is 517 g/mol. The fraction of sp³-hybridized carbons (Fsp3) is 0.238. The van der Waals surface area contributed by atoms with Crippen molar-refractivity contribution in [3.8, 4) is 0 Å². The zero-order valence-corrected chi connectivity index (χ0v) is 19.1. The molecule has 0 bridgehead atoms. The maximum Gasteiger partial charge on any atom is 0.255 e. The van der Waals surface area contributed by atoms with Crippen LogP contribution in [0.25, 0.3) is 11.0 Å². The molecule has 4 rings (SSSR count). The molecule has 29 heavy (non-hydrogen) atoms. The second-order valence-corrected chi connectivity index (χ2v) is 9.25. The molecule has 6 nitrogen and oxygen atoms in total. The number of fused-ring (bicyclic) bond motifs is 1. The van der Waals surface area contributed by atoms with Gasteiger partial charge in [-0.05, 0) is 58.3 Å². The van der Waals surface area contributed by atoms with Crippen LogP contribution in [0.2, 0.25) is 0 Å². The number of aromatic amines is 1. The first-order valence-electron chi connectivity index (χ1n) is 9.30. The predicted molar refractivity (Wildman–Crippen MR) is 124 cm³/mol. The number of benzene rings is 2. The molecule has 0 aliphatic heterocycles. The summed E-state index contributed by atoms with van der Waals surface area (Å²) in [5.74, 6) is 0.804. The van der Waals surface area contributed by atoms with E-state index in [1.807, 2.05) is 38.1 Å². The zero-order valence-electron chi connectivity index (χ0n) is 16.1. The van der Waals surface area contributed by atoms with Gasteiger partial charge in [-0.1, -0.05) is 55.1 Å². The van der Waals surface area contributed by atoms with Gasteiger partial charge in [0.2, 0.25) is 0 Å². The summed E-state index contributed by atoms with van der Waals surface area (Å²) in [6.45, 7) is 4.43. The van der Waals surface area contributed by atoms with Gasteiger partial charge >= 0.3 is 0 Å². The van der Waals surface area contributed by atoms with Gasteiger partial charge in [0.25, 0.3) is 5.56 Å². The summed E-state index contributed by atoms with van der Waals surface area (Å²) in [6, 6.07) is 16.1. The van der Waals surface area contributed by atoms with Gasteiger partial charge in [-0.2, -0.15) is 0 Å². The number of para-hydroxylation sites is 1. The lowest BCUT2D eigenvalue weighted by Crippen LogP contribution is -2.21. The molecule has 2 heterocycles. The second kappa shape index (κ2) is 8.66. The number of halogens is 1. The minimum Gasteiger partial charge on any atom is -0.301 e. The van der Waals surface area contributed by atoms with Crippen LogP contribution in [0.5, 0.6) is 0 Å². The summed E-state index contributed by atoms with van der Waals surface area (Å²) in [6.07, 6.45) is 0. The van der Waals surface area contributed by atoms with Crippen LogP contribution in [-0.2, 0) is 12.3 Å². The molecule has 0 saturated heterocycles. The van der Waals surface area contributed by atoms with Crippen LogP contribution in [0.3, 0.4) is 0 Å². The summed E-state index contributed by atoms with van der Waals surface area (Å²) < 4.78 is 3.00. The summed E-state index contributed by atoms with van der Waals surface area (Å²) >= 11 is 3.82. The first-order valence-corrected chi connectivity index (χ1v) is 11.4. The Balaban J connectivity index is 1.65. The maximum absolute atomic E-state index is 12.8. The van der Waals surface area contributed by atoms with Crippen LogP contribution >= 0.6 is 34.4 Å². The number of nitrogens with one attached hydrogen (secondary N) is 1. The van der Waals surface area contributed by atoms with E-state index >= 15 is 0 Å². The van der Waals surface area contributed by atoms with E-state index < -0.39 is 0 Å². The van der Waals surface area contributed by atoms with Crippen molar-refractivity contribution in [2.24, 2.45) is 0 Å². The van der Waals surface area contributed by atoms with E-state index in [2.05, 4.69) is 62.2 Å². The van der Waals surface area contributed by atoms with E-state index in [1.165, 1.54) is 20.9 Å². The molecule has 0 aliphatic rings. The van der Waals surface area contributed by atoms with Gasteiger partial charge in [-0.15, -0.1) is 5.10 Å². The highest BCUT2D eigenvalue weighted by Crippen LogP contribution is 2.23. The highest BCUT2D eigenvalue weighted by atomic mass is 127. The standard InChI is InChI=1S/C21H20IN5OS/c1-13(2)19-17(11-27-18-6-4-3-5-16(18)25-26-27)23-21(24-20(19)28)29-12-14-7-9-15(22)10-8-14/h3-10,13H,11-12H2,1-2H3,(H,23,24,28).